The third-order valence-corrected chi connectivity index (χ3v) is 4.73. The second kappa shape index (κ2) is 8.36. The second-order valence-corrected chi connectivity index (χ2v) is 6.89. The molecule has 0 amide bonds. The van der Waals surface area contributed by atoms with Crippen molar-refractivity contribution in [2.24, 2.45) is 0 Å². The van der Waals surface area contributed by atoms with Crippen LogP contribution in [0.1, 0.15) is 22.8 Å². The van der Waals surface area contributed by atoms with Gasteiger partial charge in [0.15, 0.2) is 0 Å². The predicted molar refractivity (Wildman–Crippen MR) is 101 cm³/mol. The van der Waals surface area contributed by atoms with Crippen molar-refractivity contribution in [2.75, 3.05) is 7.11 Å². The van der Waals surface area contributed by atoms with Crippen LogP contribution in [-0.2, 0) is 4.74 Å². The van der Waals surface area contributed by atoms with Gasteiger partial charge in [-0.15, -0.1) is 0 Å². The maximum absolute atomic E-state index is 13.0. The summed E-state index contributed by atoms with van der Waals surface area (Å²) in [6.07, 6.45) is -6.95. The van der Waals surface area contributed by atoms with Crippen LogP contribution < -0.4 is 9.47 Å². The fourth-order valence-electron chi connectivity index (χ4n) is 3.12. The average molecular weight is 422 g/mol. The van der Waals surface area contributed by atoms with Crippen molar-refractivity contribution in [1.29, 1.82) is 0 Å². The van der Waals surface area contributed by atoms with Gasteiger partial charge in [-0.3, -0.25) is 4.79 Å². The first kappa shape index (κ1) is 21.7. The van der Waals surface area contributed by atoms with Gasteiger partial charge < -0.3 is 44.8 Å². The van der Waals surface area contributed by atoms with E-state index in [1.165, 1.54) is 20.1 Å². The summed E-state index contributed by atoms with van der Waals surface area (Å²) >= 11 is 0. The van der Waals surface area contributed by atoms with Crippen LogP contribution in [0.15, 0.2) is 30.3 Å². The Kier molecular flexibility index (Phi) is 6.04. The van der Waals surface area contributed by atoms with Crippen molar-refractivity contribution >= 4 is 5.78 Å². The number of aromatic hydroxyl groups is 3. The zero-order valence-electron chi connectivity index (χ0n) is 16.1. The number of carbonyl (C=O) groups excluding carboxylic acids is 1. The van der Waals surface area contributed by atoms with Gasteiger partial charge in [-0.2, -0.15) is 0 Å². The molecule has 1 aliphatic rings. The normalized spacial score (nSPS) is 26.2. The van der Waals surface area contributed by atoms with Gasteiger partial charge in [0.25, 0.3) is 0 Å². The van der Waals surface area contributed by atoms with Crippen LogP contribution in [-0.4, -0.2) is 74.2 Å². The van der Waals surface area contributed by atoms with Crippen molar-refractivity contribution < 1.29 is 49.6 Å². The Morgan fingerprint density at radius 3 is 2.17 bits per heavy atom. The highest BCUT2D eigenvalue weighted by atomic mass is 16.7. The van der Waals surface area contributed by atoms with E-state index in [4.69, 9.17) is 14.2 Å². The lowest BCUT2D eigenvalue weighted by Gasteiger charge is -2.39. The molecule has 2 aromatic carbocycles. The third-order valence-electron chi connectivity index (χ3n) is 4.73. The minimum Gasteiger partial charge on any atom is -0.508 e. The van der Waals surface area contributed by atoms with Crippen molar-refractivity contribution in [1.82, 2.24) is 0 Å². The summed E-state index contributed by atoms with van der Waals surface area (Å²) in [7, 11) is 1.32. The van der Waals surface area contributed by atoms with E-state index in [2.05, 4.69) is 0 Å². The van der Waals surface area contributed by atoms with Gasteiger partial charge >= 0.3 is 0 Å². The van der Waals surface area contributed by atoms with Crippen LogP contribution in [0.25, 0.3) is 0 Å². The Bertz CT molecular complexity index is 923. The molecule has 1 fully saturated rings. The first-order chi connectivity index (χ1) is 14.1. The number of rotatable bonds is 5. The van der Waals surface area contributed by atoms with E-state index in [9.17, 15) is 35.4 Å². The quantitative estimate of drug-likeness (QED) is 0.368. The summed E-state index contributed by atoms with van der Waals surface area (Å²) in [5.41, 5.74) is -0.503. The third kappa shape index (κ3) is 4.12. The minimum atomic E-state index is -1.66. The van der Waals surface area contributed by atoms with Crippen molar-refractivity contribution in [3.05, 3.63) is 41.5 Å². The number of hydrogen-bond acceptors (Lipinski definition) is 10. The summed E-state index contributed by atoms with van der Waals surface area (Å²) in [5.74, 6) is -2.21. The van der Waals surface area contributed by atoms with Crippen molar-refractivity contribution in [3.63, 3.8) is 0 Å². The monoisotopic (exact) mass is 422 g/mol. The molecule has 0 spiro atoms. The highest BCUT2D eigenvalue weighted by Gasteiger charge is 2.43. The van der Waals surface area contributed by atoms with E-state index in [1.807, 2.05) is 0 Å². The number of hydrogen-bond donors (Lipinski definition) is 6. The molecule has 3 rings (SSSR count). The number of ketones is 1. The van der Waals surface area contributed by atoms with Gasteiger partial charge in [0.05, 0.1) is 13.2 Å². The lowest BCUT2D eigenvalue weighted by atomic mass is 9.99. The first-order valence-corrected chi connectivity index (χ1v) is 8.97. The molecule has 1 heterocycles. The highest BCUT2D eigenvalue weighted by Crippen LogP contribution is 2.37. The SMILES string of the molecule is COc1cc(O)c(C(=O)c2cc(O)cc(O)c2)c(O[C@@H]2O[C@@H](C)[C@H](O)[C@@H](O)[C@H]2O)c1. The number of benzene rings is 2. The van der Waals surface area contributed by atoms with Gasteiger partial charge in [0.1, 0.15) is 52.6 Å². The number of aliphatic hydroxyl groups excluding tert-OH is 3. The average Bonchev–Trinajstić information content (AvgIpc) is 2.69. The van der Waals surface area contributed by atoms with Gasteiger partial charge in [-0.1, -0.05) is 0 Å². The highest BCUT2D eigenvalue weighted by molar-refractivity contribution is 6.13. The molecule has 0 bridgehead atoms. The smallest absolute Gasteiger partial charge is 0.229 e. The fraction of sp³-hybridized carbons (Fsp3) is 0.350. The number of carbonyl (C=O) groups is 1. The second-order valence-electron chi connectivity index (χ2n) is 6.89. The van der Waals surface area contributed by atoms with Crippen LogP contribution in [0.5, 0.6) is 28.7 Å². The zero-order chi connectivity index (χ0) is 22.2. The first-order valence-electron chi connectivity index (χ1n) is 8.97. The lowest BCUT2D eigenvalue weighted by Crippen LogP contribution is -2.58. The lowest BCUT2D eigenvalue weighted by molar-refractivity contribution is -0.268. The molecule has 30 heavy (non-hydrogen) atoms. The summed E-state index contributed by atoms with van der Waals surface area (Å²) in [4.78, 5) is 13.0. The van der Waals surface area contributed by atoms with Crippen molar-refractivity contribution in [2.45, 2.75) is 37.6 Å². The summed E-state index contributed by atoms with van der Waals surface area (Å²) in [5, 5.41) is 59.7. The molecule has 0 unspecified atom stereocenters. The van der Waals surface area contributed by atoms with Crippen LogP contribution in [0, 0.1) is 0 Å². The number of aliphatic hydroxyl groups is 3. The standard InChI is InChI=1S/C20H22O10/c1-8-16(24)18(26)19(27)20(29-8)30-14-7-12(28-2)6-13(23)15(14)17(25)9-3-10(21)5-11(22)4-9/h3-8,16,18-24,26-27H,1-2H3/t8-,16-,18+,19+,20-/m0/s1. The predicted octanol–water partition coefficient (Wildman–Crippen LogP) is 0.249. The van der Waals surface area contributed by atoms with E-state index >= 15 is 0 Å². The molecule has 1 saturated heterocycles. The van der Waals surface area contributed by atoms with Crippen LogP contribution in [0.2, 0.25) is 0 Å². The number of methoxy groups -OCH3 is 1. The molecule has 0 saturated carbocycles. The molecule has 0 aromatic heterocycles. The Balaban J connectivity index is 2.03. The molecule has 6 N–H and O–H groups in total. The molecule has 0 aliphatic carbocycles. The maximum Gasteiger partial charge on any atom is 0.229 e. The van der Waals surface area contributed by atoms with E-state index in [1.54, 1.807) is 0 Å². The summed E-state index contributed by atoms with van der Waals surface area (Å²) in [6.45, 7) is 1.46. The molecule has 162 valence electrons. The fourth-order valence-corrected chi connectivity index (χ4v) is 3.12. The van der Waals surface area contributed by atoms with E-state index in [0.717, 1.165) is 24.3 Å². The summed E-state index contributed by atoms with van der Waals surface area (Å²) < 4.78 is 16.0. The molecular formula is C20H22O10. The Labute approximate surface area is 171 Å². The van der Waals surface area contributed by atoms with E-state index in [0.29, 0.717) is 0 Å². The minimum absolute atomic E-state index is 0.122. The number of ether oxygens (including phenoxy) is 3. The molecule has 1 aliphatic heterocycles. The topological polar surface area (TPSA) is 166 Å². The molecule has 0 radical (unpaired) electrons. The van der Waals surface area contributed by atoms with Crippen LogP contribution in [0.4, 0.5) is 0 Å². The largest absolute Gasteiger partial charge is 0.508 e. The van der Waals surface area contributed by atoms with Gasteiger partial charge in [-0.05, 0) is 19.1 Å². The molecule has 10 heteroatoms. The van der Waals surface area contributed by atoms with Gasteiger partial charge in [-0.25, -0.2) is 0 Å². The van der Waals surface area contributed by atoms with Crippen molar-refractivity contribution in [3.8, 4) is 28.7 Å². The van der Waals surface area contributed by atoms with E-state index in [-0.39, 0.29) is 34.1 Å². The molecule has 10 nitrogen and oxygen atoms in total. The maximum atomic E-state index is 13.0. The zero-order valence-corrected chi connectivity index (χ0v) is 16.1. The Hall–Kier alpha value is -3.05. The van der Waals surface area contributed by atoms with Gasteiger partial charge in [0, 0.05) is 23.8 Å². The van der Waals surface area contributed by atoms with Crippen LogP contribution in [0.3, 0.4) is 0 Å². The van der Waals surface area contributed by atoms with E-state index < -0.39 is 42.2 Å². The summed E-state index contributed by atoms with van der Waals surface area (Å²) in [6, 6.07) is 5.62. The Morgan fingerprint density at radius 1 is 0.933 bits per heavy atom. The molecule has 5 atom stereocenters. The van der Waals surface area contributed by atoms with Crippen LogP contribution >= 0.6 is 0 Å². The number of phenols is 3. The molecular weight excluding hydrogens is 400 g/mol. The molecule has 2 aromatic rings. The Morgan fingerprint density at radius 2 is 1.57 bits per heavy atom. The number of phenolic OH excluding ortho intramolecular Hbond substituents is 3. The van der Waals surface area contributed by atoms with Gasteiger partial charge in [0.2, 0.25) is 12.1 Å².